The van der Waals surface area contributed by atoms with E-state index in [1.54, 1.807) is 12.5 Å². The topological polar surface area (TPSA) is 41.0 Å². The van der Waals surface area contributed by atoms with E-state index >= 15 is 0 Å². The second kappa shape index (κ2) is 4.90. The molecule has 1 unspecified atom stereocenters. The molecule has 0 aliphatic carbocycles. The van der Waals surface area contributed by atoms with Crippen LogP contribution < -0.4 is 10.2 Å². The van der Waals surface area contributed by atoms with Crippen molar-refractivity contribution in [3.63, 3.8) is 0 Å². The first kappa shape index (κ1) is 10.8. The van der Waals surface area contributed by atoms with E-state index in [0.717, 1.165) is 36.3 Å². The lowest BCUT2D eigenvalue weighted by Crippen LogP contribution is -2.51. The molecule has 1 aromatic rings. The van der Waals surface area contributed by atoms with Crippen molar-refractivity contribution >= 4 is 21.7 Å². The van der Waals surface area contributed by atoms with Gasteiger partial charge in [0.15, 0.2) is 0 Å². The average Bonchev–Trinajstić information content (AvgIpc) is 2.30. The number of hydrogen-bond acceptors (Lipinski definition) is 4. The molecule has 1 aliphatic rings. The van der Waals surface area contributed by atoms with Crippen molar-refractivity contribution in [1.82, 2.24) is 15.3 Å². The Bertz CT molecular complexity index is 331. The third kappa shape index (κ3) is 2.29. The summed E-state index contributed by atoms with van der Waals surface area (Å²) in [7, 11) is 0. The Hall–Kier alpha value is -0.680. The number of nitrogens with zero attached hydrogens (tertiary/aromatic N) is 3. The highest BCUT2D eigenvalue weighted by Crippen LogP contribution is 2.25. The smallest absolute Gasteiger partial charge is 0.146 e. The predicted molar refractivity (Wildman–Crippen MR) is 64.0 cm³/mol. The largest absolute Gasteiger partial charge is 0.350 e. The molecule has 2 heterocycles. The summed E-state index contributed by atoms with van der Waals surface area (Å²) in [5, 5.41) is 3.40. The van der Waals surface area contributed by atoms with Crippen molar-refractivity contribution in [2.24, 2.45) is 0 Å². The fourth-order valence-corrected chi connectivity index (χ4v) is 2.37. The molecule has 1 aromatic heterocycles. The summed E-state index contributed by atoms with van der Waals surface area (Å²) < 4.78 is 0.977. The van der Waals surface area contributed by atoms with E-state index in [9.17, 15) is 0 Å². The minimum atomic E-state index is 0.532. The second-order valence-electron chi connectivity index (χ2n) is 3.65. The van der Waals surface area contributed by atoms with Crippen molar-refractivity contribution in [3.05, 3.63) is 17.0 Å². The molecule has 0 aromatic carbocycles. The quantitative estimate of drug-likeness (QED) is 0.883. The molecule has 1 saturated heterocycles. The van der Waals surface area contributed by atoms with E-state index in [2.05, 4.69) is 43.0 Å². The number of piperazine rings is 1. The standard InChI is InChI=1S/C10H15BrN4/c1-2-8-5-12-3-4-15(8)10-9(11)6-13-7-14-10/h6-8,12H,2-5H2,1H3. The highest BCUT2D eigenvalue weighted by Gasteiger charge is 2.23. The number of anilines is 1. The Morgan fingerprint density at radius 3 is 3.27 bits per heavy atom. The number of halogens is 1. The molecule has 1 atom stereocenters. The highest BCUT2D eigenvalue weighted by molar-refractivity contribution is 9.10. The molecule has 1 aliphatic heterocycles. The first-order valence-corrected chi connectivity index (χ1v) is 6.05. The van der Waals surface area contributed by atoms with E-state index in [1.165, 1.54) is 0 Å². The number of aromatic nitrogens is 2. The Morgan fingerprint density at radius 1 is 1.67 bits per heavy atom. The maximum atomic E-state index is 4.34. The normalized spacial score (nSPS) is 21.7. The van der Waals surface area contributed by atoms with Gasteiger partial charge in [0.2, 0.25) is 0 Å². The van der Waals surface area contributed by atoms with Gasteiger partial charge in [-0.2, -0.15) is 0 Å². The van der Waals surface area contributed by atoms with Crippen LogP contribution in [0.4, 0.5) is 5.82 Å². The fourth-order valence-electron chi connectivity index (χ4n) is 1.92. The van der Waals surface area contributed by atoms with Crippen LogP contribution in [0.2, 0.25) is 0 Å². The maximum Gasteiger partial charge on any atom is 0.146 e. The molecule has 0 spiro atoms. The molecule has 0 radical (unpaired) electrons. The van der Waals surface area contributed by atoms with E-state index in [4.69, 9.17) is 0 Å². The van der Waals surface area contributed by atoms with Crippen LogP contribution in [0.15, 0.2) is 17.0 Å². The molecule has 1 fully saturated rings. The molecule has 2 rings (SSSR count). The molecular formula is C10H15BrN4. The van der Waals surface area contributed by atoms with Crippen LogP contribution in [0.1, 0.15) is 13.3 Å². The first-order chi connectivity index (χ1) is 7.33. The number of hydrogen-bond donors (Lipinski definition) is 1. The van der Waals surface area contributed by atoms with Gasteiger partial charge >= 0.3 is 0 Å². The Labute approximate surface area is 98.2 Å². The van der Waals surface area contributed by atoms with Crippen LogP contribution in [-0.4, -0.2) is 35.6 Å². The molecule has 4 nitrogen and oxygen atoms in total. The molecule has 15 heavy (non-hydrogen) atoms. The summed E-state index contributed by atoms with van der Waals surface area (Å²) in [5.41, 5.74) is 0. The average molecular weight is 271 g/mol. The SMILES string of the molecule is CCC1CNCCN1c1ncncc1Br. The zero-order chi connectivity index (χ0) is 10.7. The van der Waals surface area contributed by atoms with Crippen molar-refractivity contribution in [2.45, 2.75) is 19.4 Å². The van der Waals surface area contributed by atoms with E-state index in [1.807, 2.05) is 0 Å². The Balaban J connectivity index is 2.24. The lowest BCUT2D eigenvalue weighted by Gasteiger charge is -2.36. The zero-order valence-corrected chi connectivity index (χ0v) is 10.4. The third-order valence-corrected chi connectivity index (χ3v) is 3.30. The fraction of sp³-hybridized carbons (Fsp3) is 0.600. The summed E-state index contributed by atoms with van der Waals surface area (Å²) >= 11 is 3.50. The summed E-state index contributed by atoms with van der Waals surface area (Å²) in [6.45, 7) is 5.27. The number of nitrogens with one attached hydrogen (secondary N) is 1. The summed E-state index contributed by atoms with van der Waals surface area (Å²) in [6, 6.07) is 0.532. The molecule has 1 N–H and O–H groups in total. The lowest BCUT2D eigenvalue weighted by atomic mass is 10.1. The van der Waals surface area contributed by atoms with Crippen molar-refractivity contribution < 1.29 is 0 Å². The molecular weight excluding hydrogens is 256 g/mol. The van der Waals surface area contributed by atoms with Crippen LogP contribution in [-0.2, 0) is 0 Å². The predicted octanol–water partition coefficient (Wildman–Crippen LogP) is 1.43. The van der Waals surface area contributed by atoms with Gasteiger partial charge in [-0.25, -0.2) is 9.97 Å². The highest BCUT2D eigenvalue weighted by atomic mass is 79.9. The Morgan fingerprint density at radius 2 is 2.53 bits per heavy atom. The van der Waals surface area contributed by atoms with E-state index in [-0.39, 0.29) is 0 Å². The minimum absolute atomic E-state index is 0.532. The van der Waals surface area contributed by atoms with Gasteiger partial charge in [0.05, 0.1) is 4.47 Å². The lowest BCUT2D eigenvalue weighted by molar-refractivity contribution is 0.462. The van der Waals surface area contributed by atoms with E-state index in [0.29, 0.717) is 6.04 Å². The molecule has 82 valence electrons. The molecule has 5 heteroatoms. The molecule has 0 bridgehead atoms. The third-order valence-electron chi connectivity index (χ3n) is 2.74. The monoisotopic (exact) mass is 270 g/mol. The van der Waals surface area contributed by atoms with Crippen molar-refractivity contribution in [2.75, 3.05) is 24.5 Å². The van der Waals surface area contributed by atoms with Gasteiger partial charge in [-0.05, 0) is 22.4 Å². The van der Waals surface area contributed by atoms with Crippen LogP contribution >= 0.6 is 15.9 Å². The van der Waals surface area contributed by atoms with Gasteiger partial charge in [0, 0.05) is 31.9 Å². The molecule has 0 saturated carbocycles. The number of rotatable bonds is 2. The zero-order valence-electron chi connectivity index (χ0n) is 8.78. The van der Waals surface area contributed by atoms with Crippen LogP contribution in [0.5, 0.6) is 0 Å². The van der Waals surface area contributed by atoms with Crippen molar-refractivity contribution in [3.8, 4) is 0 Å². The van der Waals surface area contributed by atoms with Gasteiger partial charge < -0.3 is 10.2 Å². The second-order valence-corrected chi connectivity index (χ2v) is 4.51. The minimum Gasteiger partial charge on any atom is -0.350 e. The van der Waals surface area contributed by atoms with Gasteiger partial charge in [-0.3, -0.25) is 0 Å². The van der Waals surface area contributed by atoms with Gasteiger partial charge in [0.1, 0.15) is 12.1 Å². The van der Waals surface area contributed by atoms with Crippen LogP contribution in [0.3, 0.4) is 0 Å². The summed E-state index contributed by atoms with van der Waals surface area (Å²) in [4.78, 5) is 10.7. The maximum absolute atomic E-state index is 4.34. The Kier molecular flexibility index (Phi) is 3.53. The summed E-state index contributed by atoms with van der Waals surface area (Å²) in [6.07, 6.45) is 4.54. The van der Waals surface area contributed by atoms with Gasteiger partial charge in [0.25, 0.3) is 0 Å². The van der Waals surface area contributed by atoms with Gasteiger partial charge in [-0.15, -0.1) is 0 Å². The van der Waals surface area contributed by atoms with E-state index < -0.39 is 0 Å². The van der Waals surface area contributed by atoms with Crippen LogP contribution in [0.25, 0.3) is 0 Å². The molecule has 0 amide bonds. The van der Waals surface area contributed by atoms with Crippen LogP contribution in [0, 0.1) is 0 Å². The first-order valence-electron chi connectivity index (χ1n) is 5.25. The van der Waals surface area contributed by atoms with Gasteiger partial charge in [-0.1, -0.05) is 6.92 Å². The van der Waals surface area contributed by atoms with Crippen molar-refractivity contribution in [1.29, 1.82) is 0 Å². The summed E-state index contributed by atoms with van der Waals surface area (Å²) in [5.74, 6) is 1.01.